The molecule has 19 heavy (non-hydrogen) atoms. The van der Waals surface area contributed by atoms with Crippen LogP contribution in [0.2, 0.25) is 0 Å². The van der Waals surface area contributed by atoms with Gasteiger partial charge in [0.2, 0.25) is 0 Å². The molecule has 0 N–H and O–H groups in total. The third kappa shape index (κ3) is 2.58. The largest absolute Gasteiger partial charge is 0.279 e. The van der Waals surface area contributed by atoms with E-state index in [0.29, 0.717) is 6.04 Å². The molecular formula is C17H18N2. The van der Waals surface area contributed by atoms with Gasteiger partial charge in [-0.2, -0.15) is 0 Å². The minimum atomic E-state index is 0.309. The van der Waals surface area contributed by atoms with Crippen LogP contribution in [-0.2, 0) is 6.42 Å². The molecule has 0 unspecified atom stereocenters. The number of pyridine rings is 1. The van der Waals surface area contributed by atoms with Crippen LogP contribution in [0, 0.1) is 0 Å². The average Bonchev–Trinajstić information content (AvgIpc) is 2.98. The number of hydrogen-bond donors (Lipinski definition) is 0. The molecule has 2 nitrogen and oxygen atoms in total. The van der Waals surface area contributed by atoms with E-state index in [0.717, 1.165) is 36.4 Å². The lowest BCUT2D eigenvalue weighted by Gasteiger charge is -2.05. The van der Waals surface area contributed by atoms with Gasteiger partial charge in [0, 0.05) is 5.69 Å². The van der Waals surface area contributed by atoms with Crippen molar-refractivity contribution < 1.29 is 0 Å². The van der Waals surface area contributed by atoms with Crippen molar-refractivity contribution >= 4 is 5.71 Å². The summed E-state index contributed by atoms with van der Waals surface area (Å²) in [5.41, 5.74) is 4.66. The van der Waals surface area contributed by atoms with Gasteiger partial charge in [-0.15, -0.1) is 0 Å². The van der Waals surface area contributed by atoms with Crippen LogP contribution in [0.3, 0.4) is 0 Å². The number of aryl methyl sites for hydroxylation is 1. The first-order valence-corrected chi connectivity index (χ1v) is 6.94. The first-order valence-electron chi connectivity index (χ1n) is 6.94. The summed E-state index contributed by atoms with van der Waals surface area (Å²) in [6.45, 7) is 2.13. The van der Waals surface area contributed by atoms with E-state index in [2.05, 4.69) is 60.4 Å². The van der Waals surface area contributed by atoms with Crippen LogP contribution in [0.15, 0.2) is 53.5 Å². The molecule has 2 aromatic rings. The maximum Gasteiger partial charge on any atom is 0.0843 e. The summed E-state index contributed by atoms with van der Waals surface area (Å²) in [7, 11) is 0. The zero-order valence-electron chi connectivity index (χ0n) is 11.2. The van der Waals surface area contributed by atoms with E-state index < -0.39 is 0 Å². The van der Waals surface area contributed by atoms with E-state index in [1.165, 1.54) is 5.56 Å². The van der Waals surface area contributed by atoms with Gasteiger partial charge in [-0.1, -0.05) is 43.3 Å². The average molecular weight is 250 g/mol. The molecule has 2 heteroatoms. The van der Waals surface area contributed by atoms with Crippen molar-refractivity contribution in [1.82, 2.24) is 4.98 Å². The van der Waals surface area contributed by atoms with E-state index in [-0.39, 0.29) is 0 Å². The highest BCUT2D eigenvalue weighted by Crippen LogP contribution is 2.30. The van der Waals surface area contributed by atoms with Gasteiger partial charge in [0.05, 0.1) is 17.4 Å². The Morgan fingerprint density at radius 2 is 1.89 bits per heavy atom. The monoisotopic (exact) mass is 250 g/mol. The second-order valence-corrected chi connectivity index (χ2v) is 4.91. The Morgan fingerprint density at radius 1 is 1.05 bits per heavy atom. The first kappa shape index (κ1) is 12.1. The molecule has 0 aliphatic carbocycles. The normalized spacial score (nSPS) is 18.4. The Kier molecular flexibility index (Phi) is 3.41. The Morgan fingerprint density at radius 3 is 2.68 bits per heavy atom. The Balaban J connectivity index is 1.87. The smallest absolute Gasteiger partial charge is 0.0843 e. The summed E-state index contributed by atoms with van der Waals surface area (Å²) in [5.74, 6) is 0. The summed E-state index contributed by atoms with van der Waals surface area (Å²) in [5, 5.41) is 0. The van der Waals surface area contributed by atoms with Gasteiger partial charge in [0.25, 0.3) is 0 Å². The summed E-state index contributed by atoms with van der Waals surface area (Å²) >= 11 is 0. The minimum Gasteiger partial charge on any atom is -0.279 e. The van der Waals surface area contributed by atoms with Crippen LogP contribution in [0.4, 0.5) is 0 Å². The lowest BCUT2D eigenvalue weighted by atomic mass is 10.0. The topological polar surface area (TPSA) is 25.2 Å². The highest BCUT2D eigenvalue weighted by atomic mass is 14.9. The maximum absolute atomic E-state index is 4.86. The zero-order chi connectivity index (χ0) is 13.1. The first-order chi connectivity index (χ1) is 9.36. The SMILES string of the molecule is CCc1cccc(C2=N[C@H](c3ccccc3)CC2)n1. The summed E-state index contributed by atoms with van der Waals surface area (Å²) in [4.78, 5) is 9.53. The summed E-state index contributed by atoms with van der Waals surface area (Å²) < 4.78 is 0. The second-order valence-electron chi connectivity index (χ2n) is 4.91. The lowest BCUT2D eigenvalue weighted by Crippen LogP contribution is -2.01. The van der Waals surface area contributed by atoms with Crippen LogP contribution < -0.4 is 0 Å². The predicted octanol–water partition coefficient (Wildman–Crippen LogP) is 3.97. The van der Waals surface area contributed by atoms with Crippen molar-refractivity contribution in [2.24, 2.45) is 4.99 Å². The summed E-state index contributed by atoms with van der Waals surface area (Å²) in [6.07, 6.45) is 3.10. The van der Waals surface area contributed by atoms with Gasteiger partial charge < -0.3 is 0 Å². The Labute approximate surface area is 114 Å². The van der Waals surface area contributed by atoms with Crippen molar-refractivity contribution in [1.29, 1.82) is 0 Å². The molecule has 0 spiro atoms. The molecule has 0 radical (unpaired) electrons. The third-order valence-electron chi connectivity index (χ3n) is 3.62. The molecule has 0 saturated heterocycles. The molecule has 0 fully saturated rings. The fourth-order valence-corrected chi connectivity index (χ4v) is 2.54. The highest BCUT2D eigenvalue weighted by Gasteiger charge is 2.20. The number of rotatable bonds is 3. The molecule has 1 atom stereocenters. The van der Waals surface area contributed by atoms with Gasteiger partial charge in [-0.05, 0) is 37.0 Å². The number of hydrogen-bond acceptors (Lipinski definition) is 2. The third-order valence-corrected chi connectivity index (χ3v) is 3.62. The molecule has 0 amide bonds. The van der Waals surface area contributed by atoms with Crippen LogP contribution >= 0.6 is 0 Å². The predicted molar refractivity (Wildman–Crippen MR) is 78.6 cm³/mol. The van der Waals surface area contributed by atoms with Gasteiger partial charge in [0.15, 0.2) is 0 Å². The molecule has 1 aliphatic rings. The van der Waals surface area contributed by atoms with Crippen molar-refractivity contribution in [3.63, 3.8) is 0 Å². The quantitative estimate of drug-likeness (QED) is 0.809. The van der Waals surface area contributed by atoms with Gasteiger partial charge in [0.1, 0.15) is 0 Å². The molecular weight excluding hydrogens is 232 g/mol. The highest BCUT2D eigenvalue weighted by molar-refractivity contribution is 6.00. The van der Waals surface area contributed by atoms with E-state index in [1.807, 2.05) is 0 Å². The van der Waals surface area contributed by atoms with Gasteiger partial charge in [-0.3, -0.25) is 9.98 Å². The lowest BCUT2D eigenvalue weighted by molar-refractivity contribution is 0.723. The molecule has 1 aliphatic heterocycles. The van der Waals surface area contributed by atoms with Crippen molar-refractivity contribution in [2.75, 3.05) is 0 Å². The van der Waals surface area contributed by atoms with Crippen LogP contribution in [0.5, 0.6) is 0 Å². The number of aliphatic imine (C=N–C) groups is 1. The Hall–Kier alpha value is -1.96. The van der Waals surface area contributed by atoms with Crippen molar-refractivity contribution in [3.8, 4) is 0 Å². The number of benzene rings is 1. The maximum atomic E-state index is 4.86. The molecule has 1 aromatic carbocycles. The van der Waals surface area contributed by atoms with E-state index in [4.69, 9.17) is 4.99 Å². The van der Waals surface area contributed by atoms with Crippen LogP contribution in [0.1, 0.15) is 42.8 Å². The molecule has 96 valence electrons. The summed E-state index contributed by atoms with van der Waals surface area (Å²) in [6, 6.07) is 17.1. The zero-order valence-corrected chi connectivity index (χ0v) is 11.2. The molecule has 2 heterocycles. The second kappa shape index (κ2) is 5.35. The van der Waals surface area contributed by atoms with Gasteiger partial charge >= 0.3 is 0 Å². The molecule has 0 saturated carbocycles. The standard InChI is InChI=1S/C17H18N2/c1-2-14-9-6-10-16(18-14)17-12-11-15(19-17)13-7-4-3-5-8-13/h3-10,15H,2,11-12H2,1H3/t15-/m0/s1. The van der Waals surface area contributed by atoms with E-state index in [9.17, 15) is 0 Å². The van der Waals surface area contributed by atoms with Crippen LogP contribution in [-0.4, -0.2) is 10.7 Å². The molecule has 1 aromatic heterocycles. The van der Waals surface area contributed by atoms with E-state index in [1.54, 1.807) is 0 Å². The number of nitrogens with zero attached hydrogens (tertiary/aromatic N) is 2. The fourth-order valence-electron chi connectivity index (χ4n) is 2.54. The van der Waals surface area contributed by atoms with Crippen LogP contribution in [0.25, 0.3) is 0 Å². The van der Waals surface area contributed by atoms with E-state index >= 15 is 0 Å². The van der Waals surface area contributed by atoms with Crippen molar-refractivity contribution in [2.45, 2.75) is 32.2 Å². The number of aromatic nitrogens is 1. The minimum absolute atomic E-state index is 0.309. The molecule has 0 bridgehead atoms. The van der Waals surface area contributed by atoms with Crippen molar-refractivity contribution in [3.05, 3.63) is 65.5 Å². The van der Waals surface area contributed by atoms with Gasteiger partial charge in [-0.25, -0.2) is 0 Å². The molecule has 3 rings (SSSR count). The fraction of sp³-hybridized carbons (Fsp3) is 0.294. The Bertz CT molecular complexity index is 587.